The zero-order valence-corrected chi connectivity index (χ0v) is 14.3. The van der Waals surface area contributed by atoms with Gasteiger partial charge in [-0.15, -0.1) is 0 Å². The highest BCUT2D eigenvalue weighted by molar-refractivity contribution is 9.10. The number of rotatable bonds is 3. The summed E-state index contributed by atoms with van der Waals surface area (Å²) >= 11 is 9.43. The van der Waals surface area contributed by atoms with Gasteiger partial charge in [0.25, 0.3) is 0 Å². The van der Waals surface area contributed by atoms with E-state index in [1.54, 1.807) is 0 Å². The lowest BCUT2D eigenvalue weighted by Gasteiger charge is -2.06. The third kappa shape index (κ3) is 3.03. The van der Waals surface area contributed by atoms with Crippen molar-refractivity contribution in [1.82, 2.24) is 0 Å². The average Bonchev–Trinajstić information content (AvgIpc) is 2.84. The lowest BCUT2D eigenvalue weighted by Crippen LogP contribution is -1.98. The zero-order chi connectivity index (χ0) is 15.7. The van der Waals surface area contributed by atoms with Gasteiger partial charge < -0.3 is 5.73 Å². The van der Waals surface area contributed by atoms with E-state index in [0.717, 1.165) is 27.1 Å². The molecule has 1 aliphatic rings. The smallest absolute Gasteiger partial charge is 0.0406 e. The summed E-state index contributed by atoms with van der Waals surface area (Å²) in [4.78, 5) is 0. The molecule has 0 radical (unpaired) electrons. The SMILES string of the molecule is C=C(N)C1=C(/C=C/c2ccc(Cl)cc2)Cc2cc(Br)ccc21. The molecule has 2 N–H and O–H groups in total. The quantitative estimate of drug-likeness (QED) is 0.746. The number of benzene rings is 2. The number of fused-ring (bicyclic) bond motifs is 1. The number of hydrogen-bond acceptors (Lipinski definition) is 1. The molecule has 0 spiro atoms. The maximum Gasteiger partial charge on any atom is 0.0406 e. The normalized spacial score (nSPS) is 13.7. The van der Waals surface area contributed by atoms with Gasteiger partial charge in [-0.2, -0.15) is 0 Å². The van der Waals surface area contributed by atoms with Crippen molar-refractivity contribution in [2.24, 2.45) is 5.73 Å². The van der Waals surface area contributed by atoms with Crippen molar-refractivity contribution in [2.45, 2.75) is 6.42 Å². The van der Waals surface area contributed by atoms with E-state index >= 15 is 0 Å². The van der Waals surface area contributed by atoms with Gasteiger partial charge >= 0.3 is 0 Å². The monoisotopic (exact) mass is 371 g/mol. The molecule has 0 fully saturated rings. The fourth-order valence-corrected chi connectivity index (χ4v) is 3.25. The molecule has 0 heterocycles. The molecule has 0 amide bonds. The first-order chi connectivity index (χ1) is 10.5. The van der Waals surface area contributed by atoms with Crippen molar-refractivity contribution in [2.75, 3.05) is 0 Å². The average molecular weight is 373 g/mol. The van der Waals surface area contributed by atoms with Crippen LogP contribution in [0.4, 0.5) is 0 Å². The minimum absolute atomic E-state index is 0.608. The number of allylic oxidation sites excluding steroid dienone is 3. The summed E-state index contributed by atoms with van der Waals surface area (Å²) in [5.41, 5.74) is 12.4. The molecule has 22 heavy (non-hydrogen) atoms. The van der Waals surface area contributed by atoms with Crippen molar-refractivity contribution >= 4 is 39.2 Å². The third-order valence-electron chi connectivity index (χ3n) is 3.71. The van der Waals surface area contributed by atoms with Crippen LogP contribution in [0, 0.1) is 0 Å². The van der Waals surface area contributed by atoms with Crippen molar-refractivity contribution in [3.05, 3.63) is 92.6 Å². The molecule has 3 rings (SSSR count). The van der Waals surface area contributed by atoms with Gasteiger partial charge in [0, 0.05) is 20.8 Å². The summed E-state index contributed by atoms with van der Waals surface area (Å²) in [6, 6.07) is 14.0. The second-order valence-corrected chi connectivity index (χ2v) is 6.64. The van der Waals surface area contributed by atoms with Crippen LogP contribution in [0.3, 0.4) is 0 Å². The molecule has 0 bridgehead atoms. The first-order valence-corrected chi connectivity index (χ1v) is 8.12. The zero-order valence-electron chi connectivity index (χ0n) is 11.9. The predicted molar refractivity (Wildman–Crippen MR) is 98.6 cm³/mol. The lowest BCUT2D eigenvalue weighted by atomic mass is 10.0. The van der Waals surface area contributed by atoms with E-state index in [9.17, 15) is 0 Å². The molecule has 0 aromatic heterocycles. The minimum Gasteiger partial charge on any atom is -0.399 e. The second-order valence-electron chi connectivity index (χ2n) is 5.29. The first-order valence-electron chi connectivity index (χ1n) is 6.95. The molecular formula is C19H15BrClN. The molecular weight excluding hydrogens is 358 g/mol. The summed E-state index contributed by atoms with van der Waals surface area (Å²) < 4.78 is 1.08. The van der Waals surface area contributed by atoms with Crippen LogP contribution in [0.5, 0.6) is 0 Å². The fraction of sp³-hybridized carbons (Fsp3) is 0.0526. The van der Waals surface area contributed by atoms with Crippen LogP contribution >= 0.6 is 27.5 Å². The maximum absolute atomic E-state index is 6.01. The summed E-state index contributed by atoms with van der Waals surface area (Å²) in [6.07, 6.45) is 5.06. The largest absolute Gasteiger partial charge is 0.399 e. The van der Waals surface area contributed by atoms with Crippen molar-refractivity contribution in [3.63, 3.8) is 0 Å². The highest BCUT2D eigenvalue weighted by Gasteiger charge is 2.20. The van der Waals surface area contributed by atoms with Gasteiger partial charge in [-0.25, -0.2) is 0 Å². The van der Waals surface area contributed by atoms with Crippen molar-refractivity contribution in [1.29, 1.82) is 0 Å². The van der Waals surface area contributed by atoms with Gasteiger partial charge in [0.2, 0.25) is 0 Å². The minimum atomic E-state index is 0.608. The molecule has 0 aliphatic heterocycles. The number of nitrogens with two attached hydrogens (primary N) is 1. The summed E-state index contributed by atoms with van der Waals surface area (Å²) in [6.45, 7) is 3.93. The Morgan fingerprint density at radius 1 is 1.14 bits per heavy atom. The Morgan fingerprint density at radius 3 is 2.55 bits per heavy atom. The van der Waals surface area contributed by atoms with E-state index in [4.69, 9.17) is 17.3 Å². The first kappa shape index (κ1) is 15.1. The predicted octanol–water partition coefficient (Wildman–Crippen LogP) is 5.60. The topological polar surface area (TPSA) is 26.0 Å². The highest BCUT2D eigenvalue weighted by Crippen LogP contribution is 2.37. The Bertz CT molecular complexity index is 801. The molecule has 0 saturated carbocycles. The van der Waals surface area contributed by atoms with Crippen LogP contribution in [0.15, 0.2) is 70.9 Å². The standard InChI is InChI=1S/C19H15BrClN/c1-12(22)19-14(5-2-13-3-7-17(21)8-4-13)10-15-11-16(20)6-9-18(15)19/h2-9,11H,1,10,22H2/b5-2+. The molecule has 3 heteroatoms. The Kier molecular flexibility index (Phi) is 4.23. The van der Waals surface area contributed by atoms with Crippen LogP contribution in [0.2, 0.25) is 5.02 Å². The Balaban J connectivity index is 1.97. The van der Waals surface area contributed by atoms with E-state index in [-0.39, 0.29) is 0 Å². The molecule has 0 atom stereocenters. The van der Waals surface area contributed by atoms with Gasteiger partial charge in [-0.1, -0.05) is 64.5 Å². The van der Waals surface area contributed by atoms with E-state index in [1.165, 1.54) is 16.7 Å². The molecule has 1 aliphatic carbocycles. The van der Waals surface area contributed by atoms with E-state index < -0.39 is 0 Å². The van der Waals surface area contributed by atoms with Crippen LogP contribution in [0.25, 0.3) is 11.6 Å². The molecule has 0 saturated heterocycles. The molecule has 110 valence electrons. The lowest BCUT2D eigenvalue weighted by molar-refractivity contribution is 1.24. The van der Waals surface area contributed by atoms with Crippen LogP contribution in [-0.4, -0.2) is 0 Å². The van der Waals surface area contributed by atoms with Crippen molar-refractivity contribution < 1.29 is 0 Å². The van der Waals surface area contributed by atoms with Crippen LogP contribution < -0.4 is 5.73 Å². The van der Waals surface area contributed by atoms with E-state index in [1.807, 2.05) is 30.3 Å². The van der Waals surface area contributed by atoms with Crippen LogP contribution in [0.1, 0.15) is 16.7 Å². The Labute approximate surface area is 143 Å². The van der Waals surface area contributed by atoms with E-state index in [2.05, 4.69) is 46.8 Å². The summed E-state index contributed by atoms with van der Waals surface area (Å²) in [5.74, 6) is 0. The Morgan fingerprint density at radius 2 is 1.86 bits per heavy atom. The molecule has 0 unspecified atom stereocenters. The maximum atomic E-state index is 6.01. The number of halogens is 2. The summed E-state index contributed by atoms with van der Waals surface area (Å²) in [5, 5.41) is 0.741. The summed E-state index contributed by atoms with van der Waals surface area (Å²) in [7, 11) is 0. The van der Waals surface area contributed by atoms with Crippen LogP contribution in [-0.2, 0) is 6.42 Å². The Hall–Kier alpha value is -1.77. The second kappa shape index (κ2) is 6.15. The van der Waals surface area contributed by atoms with Gasteiger partial charge in [-0.3, -0.25) is 0 Å². The molecule has 2 aromatic rings. The van der Waals surface area contributed by atoms with Gasteiger partial charge in [-0.05, 0) is 52.9 Å². The highest BCUT2D eigenvalue weighted by atomic mass is 79.9. The van der Waals surface area contributed by atoms with E-state index in [0.29, 0.717) is 5.70 Å². The van der Waals surface area contributed by atoms with Gasteiger partial charge in [0.05, 0.1) is 0 Å². The van der Waals surface area contributed by atoms with Crippen molar-refractivity contribution in [3.8, 4) is 0 Å². The fourth-order valence-electron chi connectivity index (χ4n) is 2.71. The van der Waals surface area contributed by atoms with Gasteiger partial charge in [0.1, 0.15) is 0 Å². The number of hydrogen-bond donors (Lipinski definition) is 1. The van der Waals surface area contributed by atoms with Gasteiger partial charge in [0.15, 0.2) is 0 Å². The third-order valence-corrected chi connectivity index (χ3v) is 4.45. The molecule has 1 nitrogen and oxygen atoms in total. The molecule has 2 aromatic carbocycles.